The zero-order chi connectivity index (χ0) is 13.3. The Balaban J connectivity index is 2.31. The zero-order valence-corrected chi connectivity index (χ0v) is 11.4. The summed E-state index contributed by atoms with van der Waals surface area (Å²) in [5.41, 5.74) is 2.31. The number of aromatic nitrogens is 2. The van der Waals surface area contributed by atoms with Crippen LogP contribution in [0, 0.1) is 19.7 Å². The summed E-state index contributed by atoms with van der Waals surface area (Å²) in [7, 11) is 0. The van der Waals surface area contributed by atoms with E-state index in [1.807, 2.05) is 0 Å². The standard InChI is InChI=1S/C12H11BrFN3O/c1-6-11(7(2)17-16-6)15-12(18)8-4-3-5-9(14)10(8)13/h3-5H,1-2H3,(H,15,18)(H,16,17). The highest BCUT2D eigenvalue weighted by Gasteiger charge is 2.16. The molecule has 2 aromatic rings. The quantitative estimate of drug-likeness (QED) is 0.895. The van der Waals surface area contributed by atoms with Gasteiger partial charge in [-0.1, -0.05) is 6.07 Å². The van der Waals surface area contributed by atoms with Crippen molar-refractivity contribution >= 4 is 27.5 Å². The van der Waals surface area contributed by atoms with Gasteiger partial charge in [-0.15, -0.1) is 0 Å². The molecule has 0 aliphatic heterocycles. The number of nitrogens with one attached hydrogen (secondary N) is 2. The van der Waals surface area contributed by atoms with Crippen LogP contribution in [0.15, 0.2) is 22.7 Å². The molecule has 1 amide bonds. The van der Waals surface area contributed by atoms with Crippen LogP contribution in [-0.4, -0.2) is 16.1 Å². The minimum Gasteiger partial charge on any atom is -0.319 e. The van der Waals surface area contributed by atoms with Gasteiger partial charge in [0.15, 0.2) is 0 Å². The van der Waals surface area contributed by atoms with Gasteiger partial charge in [-0.2, -0.15) is 5.10 Å². The summed E-state index contributed by atoms with van der Waals surface area (Å²) in [5, 5.41) is 9.46. The molecule has 1 heterocycles. The average Bonchev–Trinajstić information content (AvgIpc) is 2.64. The first-order valence-electron chi connectivity index (χ1n) is 5.27. The van der Waals surface area contributed by atoms with Crippen molar-refractivity contribution in [3.63, 3.8) is 0 Å². The van der Waals surface area contributed by atoms with E-state index in [9.17, 15) is 9.18 Å². The van der Waals surface area contributed by atoms with Crippen LogP contribution in [0.4, 0.5) is 10.1 Å². The van der Waals surface area contributed by atoms with E-state index in [0.29, 0.717) is 11.4 Å². The number of carbonyl (C=O) groups is 1. The molecule has 0 radical (unpaired) electrons. The monoisotopic (exact) mass is 311 g/mol. The maximum atomic E-state index is 13.3. The molecule has 0 spiro atoms. The summed E-state index contributed by atoms with van der Waals surface area (Å²) in [6, 6.07) is 4.33. The summed E-state index contributed by atoms with van der Waals surface area (Å²) in [4.78, 5) is 12.0. The van der Waals surface area contributed by atoms with Crippen molar-refractivity contribution in [2.24, 2.45) is 0 Å². The summed E-state index contributed by atoms with van der Waals surface area (Å²) >= 11 is 3.06. The molecule has 94 valence electrons. The Labute approximate surface area is 112 Å². The Hall–Kier alpha value is -1.69. The molecular formula is C12H11BrFN3O. The van der Waals surface area contributed by atoms with Crippen LogP contribution in [0.25, 0.3) is 0 Å². The van der Waals surface area contributed by atoms with Gasteiger partial charge in [0.25, 0.3) is 5.91 Å². The Morgan fingerprint density at radius 1 is 1.44 bits per heavy atom. The fraction of sp³-hybridized carbons (Fsp3) is 0.167. The first kappa shape index (κ1) is 12.8. The number of halogens is 2. The van der Waals surface area contributed by atoms with Gasteiger partial charge in [0.05, 0.1) is 27.1 Å². The smallest absolute Gasteiger partial charge is 0.257 e. The lowest BCUT2D eigenvalue weighted by Crippen LogP contribution is -2.14. The summed E-state index contributed by atoms with van der Waals surface area (Å²) < 4.78 is 13.5. The molecule has 0 saturated heterocycles. The Bertz CT molecular complexity index is 590. The van der Waals surface area contributed by atoms with Crippen LogP contribution in [0.2, 0.25) is 0 Å². The van der Waals surface area contributed by atoms with E-state index >= 15 is 0 Å². The maximum Gasteiger partial charge on any atom is 0.257 e. The first-order valence-corrected chi connectivity index (χ1v) is 6.07. The molecule has 0 aliphatic rings. The van der Waals surface area contributed by atoms with Crippen LogP contribution in [0.3, 0.4) is 0 Å². The number of amides is 1. The van der Waals surface area contributed by atoms with Crippen LogP contribution >= 0.6 is 15.9 Å². The molecule has 2 N–H and O–H groups in total. The van der Waals surface area contributed by atoms with Gasteiger partial charge in [-0.05, 0) is 41.9 Å². The SMILES string of the molecule is Cc1n[nH]c(C)c1NC(=O)c1cccc(F)c1Br. The number of carbonyl (C=O) groups excluding carboxylic acids is 1. The van der Waals surface area contributed by atoms with Crippen LogP contribution in [-0.2, 0) is 0 Å². The molecule has 2 rings (SSSR count). The molecule has 0 bridgehead atoms. The Morgan fingerprint density at radius 3 is 2.78 bits per heavy atom. The fourth-order valence-electron chi connectivity index (χ4n) is 1.60. The van der Waals surface area contributed by atoms with Crippen LogP contribution < -0.4 is 5.32 Å². The average molecular weight is 312 g/mol. The second-order valence-corrected chi connectivity index (χ2v) is 4.66. The molecule has 1 aromatic heterocycles. The van der Waals surface area contributed by atoms with Gasteiger partial charge in [0.2, 0.25) is 0 Å². The lowest BCUT2D eigenvalue weighted by molar-refractivity contribution is 0.102. The predicted octanol–water partition coefficient (Wildman–Crippen LogP) is 3.18. The van der Waals surface area contributed by atoms with E-state index in [1.165, 1.54) is 12.1 Å². The third kappa shape index (κ3) is 2.28. The van der Waals surface area contributed by atoms with E-state index in [2.05, 4.69) is 31.4 Å². The number of hydrogen-bond donors (Lipinski definition) is 2. The van der Waals surface area contributed by atoms with Crippen molar-refractivity contribution in [3.05, 3.63) is 45.4 Å². The summed E-state index contributed by atoms with van der Waals surface area (Å²) in [6.07, 6.45) is 0. The van der Waals surface area contributed by atoms with Crippen molar-refractivity contribution < 1.29 is 9.18 Å². The minimum absolute atomic E-state index is 0.154. The van der Waals surface area contributed by atoms with Gasteiger partial charge in [0.1, 0.15) is 5.82 Å². The molecular weight excluding hydrogens is 301 g/mol. The van der Waals surface area contributed by atoms with Gasteiger partial charge < -0.3 is 5.32 Å². The minimum atomic E-state index is -0.469. The molecule has 6 heteroatoms. The Kier molecular flexibility index (Phi) is 3.47. The zero-order valence-electron chi connectivity index (χ0n) is 9.84. The van der Waals surface area contributed by atoms with E-state index < -0.39 is 5.82 Å². The second kappa shape index (κ2) is 4.89. The molecule has 0 fully saturated rings. The summed E-state index contributed by atoms with van der Waals surface area (Å²) in [6.45, 7) is 3.58. The van der Waals surface area contributed by atoms with Crippen molar-refractivity contribution in [1.29, 1.82) is 0 Å². The van der Waals surface area contributed by atoms with Crippen molar-refractivity contribution in [1.82, 2.24) is 10.2 Å². The fourth-order valence-corrected chi connectivity index (χ4v) is 2.04. The molecule has 18 heavy (non-hydrogen) atoms. The van der Waals surface area contributed by atoms with Gasteiger partial charge in [0, 0.05) is 0 Å². The second-order valence-electron chi connectivity index (χ2n) is 3.86. The van der Waals surface area contributed by atoms with Crippen molar-refractivity contribution in [2.75, 3.05) is 5.32 Å². The molecule has 0 atom stereocenters. The normalized spacial score (nSPS) is 10.4. The molecule has 4 nitrogen and oxygen atoms in total. The third-order valence-electron chi connectivity index (χ3n) is 2.56. The van der Waals surface area contributed by atoms with Gasteiger partial charge in [-0.25, -0.2) is 4.39 Å². The van der Waals surface area contributed by atoms with E-state index in [-0.39, 0.29) is 15.9 Å². The number of anilines is 1. The summed E-state index contributed by atoms with van der Waals surface area (Å²) in [5.74, 6) is -0.850. The van der Waals surface area contributed by atoms with Gasteiger partial charge in [-0.3, -0.25) is 9.89 Å². The van der Waals surface area contributed by atoms with Crippen molar-refractivity contribution in [3.8, 4) is 0 Å². The largest absolute Gasteiger partial charge is 0.319 e. The molecule has 1 aromatic carbocycles. The molecule has 0 saturated carbocycles. The highest BCUT2D eigenvalue weighted by atomic mass is 79.9. The number of nitrogens with zero attached hydrogens (tertiary/aromatic N) is 1. The van der Waals surface area contributed by atoms with E-state index in [4.69, 9.17) is 0 Å². The lowest BCUT2D eigenvalue weighted by Gasteiger charge is -2.07. The van der Waals surface area contributed by atoms with Crippen molar-refractivity contribution in [2.45, 2.75) is 13.8 Å². The number of aryl methyl sites for hydroxylation is 2. The van der Waals surface area contributed by atoms with E-state index in [0.717, 1.165) is 5.69 Å². The third-order valence-corrected chi connectivity index (χ3v) is 3.37. The molecule has 0 unspecified atom stereocenters. The predicted molar refractivity (Wildman–Crippen MR) is 70.1 cm³/mol. The Morgan fingerprint density at radius 2 is 2.17 bits per heavy atom. The molecule has 0 aliphatic carbocycles. The highest BCUT2D eigenvalue weighted by Crippen LogP contribution is 2.23. The number of benzene rings is 1. The van der Waals surface area contributed by atoms with Crippen LogP contribution in [0.1, 0.15) is 21.7 Å². The number of rotatable bonds is 2. The first-order chi connectivity index (χ1) is 8.50. The number of aromatic amines is 1. The van der Waals surface area contributed by atoms with Gasteiger partial charge >= 0.3 is 0 Å². The van der Waals surface area contributed by atoms with E-state index in [1.54, 1.807) is 19.9 Å². The lowest BCUT2D eigenvalue weighted by atomic mass is 10.2. The maximum absolute atomic E-state index is 13.3. The number of H-pyrrole nitrogens is 1. The highest BCUT2D eigenvalue weighted by molar-refractivity contribution is 9.10. The topological polar surface area (TPSA) is 57.8 Å². The number of hydrogen-bond acceptors (Lipinski definition) is 2. The van der Waals surface area contributed by atoms with Crippen LogP contribution in [0.5, 0.6) is 0 Å².